The van der Waals surface area contributed by atoms with E-state index in [9.17, 15) is 0 Å². The summed E-state index contributed by atoms with van der Waals surface area (Å²) in [4.78, 5) is 2.68. The third kappa shape index (κ3) is 1.30. The molecule has 0 aromatic carbocycles. The number of hydrogen-bond donors (Lipinski definition) is 1. The van der Waals surface area contributed by atoms with Gasteiger partial charge in [0.15, 0.2) is 0 Å². The van der Waals surface area contributed by atoms with Crippen LogP contribution in [0.25, 0.3) is 0 Å². The predicted octanol–water partition coefficient (Wildman–Crippen LogP) is 0.729. The molecule has 80 valence electrons. The Hall–Kier alpha value is -0.120. The van der Waals surface area contributed by atoms with E-state index < -0.39 is 0 Å². The summed E-state index contributed by atoms with van der Waals surface area (Å²) in [6.45, 7) is 1.73. The van der Waals surface area contributed by atoms with Crippen molar-refractivity contribution < 1.29 is 4.74 Å². The smallest absolute Gasteiger partial charge is 0.0637 e. The van der Waals surface area contributed by atoms with Crippen LogP contribution >= 0.6 is 0 Å². The summed E-state index contributed by atoms with van der Waals surface area (Å²) in [7, 11) is 0. The molecule has 2 bridgehead atoms. The van der Waals surface area contributed by atoms with E-state index in [-0.39, 0.29) is 0 Å². The van der Waals surface area contributed by atoms with Gasteiger partial charge in [-0.25, -0.2) is 0 Å². The van der Waals surface area contributed by atoms with E-state index in [0.29, 0.717) is 12.1 Å². The molecule has 2 atom stereocenters. The third-order valence-corrected chi connectivity index (χ3v) is 4.27. The molecule has 3 heteroatoms. The largest absolute Gasteiger partial charge is 0.380 e. The fraction of sp³-hybridized carbons (Fsp3) is 1.00. The van der Waals surface area contributed by atoms with Gasteiger partial charge in [0.05, 0.1) is 6.61 Å². The van der Waals surface area contributed by atoms with E-state index in [0.717, 1.165) is 31.7 Å². The van der Waals surface area contributed by atoms with Gasteiger partial charge in [0.1, 0.15) is 0 Å². The molecule has 0 amide bonds. The maximum Gasteiger partial charge on any atom is 0.0637 e. The summed E-state index contributed by atoms with van der Waals surface area (Å²) >= 11 is 0. The first-order chi connectivity index (χ1) is 6.86. The van der Waals surface area contributed by atoms with Crippen molar-refractivity contribution in [2.75, 3.05) is 13.2 Å². The van der Waals surface area contributed by atoms with Crippen LogP contribution < -0.4 is 5.73 Å². The number of hydrogen-bond acceptors (Lipinski definition) is 3. The Kier molecular flexibility index (Phi) is 2.26. The van der Waals surface area contributed by atoms with Crippen LogP contribution in [0.1, 0.15) is 32.1 Å². The first-order valence-electron chi connectivity index (χ1n) is 5.97. The zero-order valence-corrected chi connectivity index (χ0v) is 8.69. The lowest BCUT2D eigenvalue weighted by molar-refractivity contribution is -0.00118. The van der Waals surface area contributed by atoms with Gasteiger partial charge < -0.3 is 10.5 Å². The Morgan fingerprint density at radius 2 is 1.64 bits per heavy atom. The molecule has 0 spiro atoms. The van der Waals surface area contributed by atoms with Crippen LogP contribution in [0.15, 0.2) is 0 Å². The first kappa shape index (κ1) is 9.13. The van der Waals surface area contributed by atoms with Crippen molar-refractivity contribution in [1.82, 2.24) is 4.90 Å². The fourth-order valence-electron chi connectivity index (χ4n) is 3.54. The number of nitrogens with two attached hydrogens (primary N) is 1. The van der Waals surface area contributed by atoms with Crippen molar-refractivity contribution in [3.63, 3.8) is 0 Å². The van der Waals surface area contributed by atoms with E-state index in [1.165, 1.54) is 25.7 Å². The molecule has 3 heterocycles. The van der Waals surface area contributed by atoms with Gasteiger partial charge in [-0.2, -0.15) is 0 Å². The molecular weight excluding hydrogens is 176 g/mol. The standard InChI is InChI=1S/C11H20N2O/c12-10-5-6-14-7-11(10)13-8-1-2-9(13)4-3-8/h8-11H,1-7,12H2. The zero-order chi connectivity index (χ0) is 9.54. The molecule has 3 aliphatic heterocycles. The Morgan fingerprint density at radius 1 is 1.00 bits per heavy atom. The van der Waals surface area contributed by atoms with Crippen molar-refractivity contribution in [2.45, 2.75) is 56.3 Å². The number of nitrogens with zero attached hydrogens (tertiary/aromatic N) is 1. The summed E-state index contributed by atoms with van der Waals surface area (Å²) in [5.41, 5.74) is 6.19. The molecule has 0 saturated carbocycles. The molecule has 2 N–H and O–H groups in total. The van der Waals surface area contributed by atoms with Gasteiger partial charge in [0, 0.05) is 30.8 Å². The Morgan fingerprint density at radius 3 is 2.21 bits per heavy atom. The van der Waals surface area contributed by atoms with Gasteiger partial charge in [-0.3, -0.25) is 4.90 Å². The van der Waals surface area contributed by atoms with Gasteiger partial charge in [-0.1, -0.05) is 0 Å². The average Bonchev–Trinajstić information content (AvgIpc) is 2.78. The third-order valence-electron chi connectivity index (χ3n) is 4.27. The highest BCUT2D eigenvalue weighted by Gasteiger charge is 2.45. The highest BCUT2D eigenvalue weighted by Crippen LogP contribution is 2.40. The monoisotopic (exact) mass is 196 g/mol. The predicted molar refractivity (Wildman–Crippen MR) is 55.1 cm³/mol. The molecule has 0 radical (unpaired) electrons. The van der Waals surface area contributed by atoms with Gasteiger partial charge in [-0.05, 0) is 32.1 Å². The van der Waals surface area contributed by atoms with Crippen LogP contribution in [-0.2, 0) is 4.74 Å². The summed E-state index contributed by atoms with van der Waals surface area (Å²) in [5, 5.41) is 0. The lowest BCUT2D eigenvalue weighted by atomic mass is 10.0. The summed E-state index contributed by atoms with van der Waals surface area (Å²) in [6.07, 6.45) is 6.63. The number of rotatable bonds is 1. The lowest BCUT2D eigenvalue weighted by Crippen LogP contribution is -2.55. The van der Waals surface area contributed by atoms with Gasteiger partial charge >= 0.3 is 0 Å². The highest BCUT2D eigenvalue weighted by molar-refractivity contribution is 5.01. The maximum absolute atomic E-state index is 6.19. The first-order valence-corrected chi connectivity index (χ1v) is 5.97. The summed E-state index contributed by atoms with van der Waals surface area (Å²) in [6, 6.07) is 2.53. The Balaban J connectivity index is 1.74. The average molecular weight is 196 g/mol. The molecule has 0 aromatic heterocycles. The minimum absolute atomic E-state index is 0.352. The molecule has 2 unspecified atom stereocenters. The quantitative estimate of drug-likeness (QED) is 0.672. The normalized spacial score (nSPS) is 48.6. The van der Waals surface area contributed by atoms with Crippen molar-refractivity contribution in [3.05, 3.63) is 0 Å². The molecule has 3 fully saturated rings. The van der Waals surface area contributed by atoms with Crippen molar-refractivity contribution in [1.29, 1.82) is 0 Å². The highest BCUT2D eigenvalue weighted by atomic mass is 16.5. The second-order valence-corrected chi connectivity index (χ2v) is 5.00. The van der Waals surface area contributed by atoms with Crippen molar-refractivity contribution >= 4 is 0 Å². The van der Waals surface area contributed by atoms with E-state index in [1.54, 1.807) is 0 Å². The Labute approximate surface area is 85.6 Å². The SMILES string of the molecule is NC1CCOCC1N1C2CCC1CC2. The van der Waals surface area contributed by atoms with Crippen LogP contribution in [0.5, 0.6) is 0 Å². The topological polar surface area (TPSA) is 38.5 Å². The van der Waals surface area contributed by atoms with Crippen molar-refractivity contribution in [3.8, 4) is 0 Å². The number of ether oxygens (including phenoxy) is 1. The van der Waals surface area contributed by atoms with Gasteiger partial charge in [-0.15, -0.1) is 0 Å². The van der Waals surface area contributed by atoms with E-state index in [1.807, 2.05) is 0 Å². The second-order valence-electron chi connectivity index (χ2n) is 5.00. The number of fused-ring (bicyclic) bond motifs is 2. The lowest BCUT2D eigenvalue weighted by Gasteiger charge is -2.38. The molecule has 0 aliphatic carbocycles. The summed E-state index contributed by atoms with van der Waals surface area (Å²) in [5.74, 6) is 0. The fourth-order valence-corrected chi connectivity index (χ4v) is 3.54. The molecule has 3 nitrogen and oxygen atoms in total. The van der Waals surface area contributed by atoms with Crippen LogP contribution in [0.3, 0.4) is 0 Å². The van der Waals surface area contributed by atoms with Crippen LogP contribution in [0.4, 0.5) is 0 Å². The molecule has 14 heavy (non-hydrogen) atoms. The molecule has 3 aliphatic rings. The maximum atomic E-state index is 6.19. The van der Waals surface area contributed by atoms with E-state index in [4.69, 9.17) is 10.5 Å². The molecule has 3 saturated heterocycles. The minimum atomic E-state index is 0.352. The molecular formula is C11H20N2O. The second kappa shape index (κ2) is 3.47. The van der Waals surface area contributed by atoms with E-state index >= 15 is 0 Å². The Bertz CT molecular complexity index is 201. The van der Waals surface area contributed by atoms with Crippen LogP contribution in [-0.4, -0.2) is 42.3 Å². The molecule has 0 aromatic rings. The summed E-state index contributed by atoms with van der Waals surface area (Å²) < 4.78 is 5.57. The van der Waals surface area contributed by atoms with Gasteiger partial charge in [0.25, 0.3) is 0 Å². The zero-order valence-electron chi connectivity index (χ0n) is 8.69. The molecule has 3 rings (SSSR count). The van der Waals surface area contributed by atoms with Crippen molar-refractivity contribution in [2.24, 2.45) is 5.73 Å². The minimum Gasteiger partial charge on any atom is -0.380 e. The van der Waals surface area contributed by atoms with E-state index in [2.05, 4.69) is 4.90 Å². The van der Waals surface area contributed by atoms with Gasteiger partial charge in [0.2, 0.25) is 0 Å². The van der Waals surface area contributed by atoms with Crippen LogP contribution in [0.2, 0.25) is 0 Å². The van der Waals surface area contributed by atoms with Crippen LogP contribution in [0, 0.1) is 0 Å².